The zero-order valence-electron chi connectivity index (χ0n) is 14.1. The number of anilines is 2. The van der Waals surface area contributed by atoms with E-state index in [9.17, 15) is 17.6 Å². The largest absolute Gasteiger partial charge is 0.322 e. The first-order valence-electron chi connectivity index (χ1n) is 7.89. The molecule has 5 nitrogen and oxygen atoms in total. The van der Waals surface area contributed by atoms with Crippen LogP contribution < -0.4 is 10.0 Å². The highest BCUT2D eigenvalue weighted by atomic mass is 35.5. The maximum atomic E-state index is 13.2. The van der Waals surface area contributed by atoms with Gasteiger partial charge in [-0.2, -0.15) is 0 Å². The van der Waals surface area contributed by atoms with Crippen molar-refractivity contribution in [2.75, 3.05) is 10.0 Å². The molecule has 0 bridgehead atoms. The molecule has 0 aliphatic carbocycles. The number of benzene rings is 3. The molecule has 0 heterocycles. The van der Waals surface area contributed by atoms with Crippen LogP contribution in [0.4, 0.5) is 15.8 Å². The van der Waals surface area contributed by atoms with Gasteiger partial charge in [0.15, 0.2) is 0 Å². The number of sulfonamides is 1. The highest BCUT2D eigenvalue weighted by Gasteiger charge is 2.16. The Morgan fingerprint density at radius 1 is 0.893 bits per heavy atom. The Balaban J connectivity index is 1.78. The van der Waals surface area contributed by atoms with Gasteiger partial charge in [-0.3, -0.25) is 9.52 Å². The Labute approximate surface area is 171 Å². The van der Waals surface area contributed by atoms with Crippen LogP contribution in [0.15, 0.2) is 71.6 Å². The fourth-order valence-corrected chi connectivity index (χ4v) is 3.80. The third-order valence-corrected chi connectivity index (χ3v) is 5.63. The molecular weight excluding hydrogens is 426 g/mol. The molecule has 0 aliphatic heterocycles. The molecule has 1 amide bonds. The van der Waals surface area contributed by atoms with E-state index in [2.05, 4.69) is 10.0 Å². The van der Waals surface area contributed by atoms with Crippen molar-refractivity contribution in [1.29, 1.82) is 0 Å². The van der Waals surface area contributed by atoms with E-state index in [-0.39, 0.29) is 26.9 Å². The van der Waals surface area contributed by atoms with Crippen molar-refractivity contribution >= 4 is 50.5 Å². The quantitative estimate of drug-likeness (QED) is 0.575. The van der Waals surface area contributed by atoms with E-state index < -0.39 is 21.7 Å². The van der Waals surface area contributed by atoms with Gasteiger partial charge < -0.3 is 5.32 Å². The van der Waals surface area contributed by atoms with Crippen molar-refractivity contribution in [3.05, 3.63) is 88.2 Å². The molecule has 0 aromatic heterocycles. The van der Waals surface area contributed by atoms with Crippen LogP contribution in [0, 0.1) is 5.82 Å². The molecule has 0 aliphatic rings. The molecule has 0 atom stereocenters. The summed E-state index contributed by atoms with van der Waals surface area (Å²) in [7, 11) is -3.84. The number of halogens is 3. The van der Waals surface area contributed by atoms with Gasteiger partial charge in [-0.05, 0) is 60.7 Å². The smallest absolute Gasteiger partial charge is 0.261 e. The second-order valence-electron chi connectivity index (χ2n) is 5.72. The molecule has 0 radical (unpaired) electrons. The molecule has 144 valence electrons. The van der Waals surface area contributed by atoms with Crippen LogP contribution in [-0.4, -0.2) is 14.3 Å². The third kappa shape index (κ3) is 4.81. The van der Waals surface area contributed by atoms with Gasteiger partial charge in [0.2, 0.25) is 0 Å². The Kier molecular flexibility index (Phi) is 5.88. The van der Waals surface area contributed by atoms with E-state index in [1.165, 1.54) is 66.7 Å². The van der Waals surface area contributed by atoms with Crippen LogP contribution in [0.3, 0.4) is 0 Å². The number of carbonyl (C=O) groups is 1. The van der Waals surface area contributed by atoms with E-state index in [0.29, 0.717) is 5.02 Å². The summed E-state index contributed by atoms with van der Waals surface area (Å²) in [6.45, 7) is 0. The van der Waals surface area contributed by atoms with E-state index in [4.69, 9.17) is 23.2 Å². The van der Waals surface area contributed by atoms with Crippen LogP contribution in [0.1, 0.15) is 10.4 Å². The summed E-state index contributed by atoms with van der Waals surface area (Å²) >= 11 is 11.9. The predicted octanol–water partition coefficient (Wildman–Crippen LogP) is 5.19. The van der Waals surface area contributed by atoms with Gasteiger partial charge in [0.25, 0.3) is 15.9 Å². The molecule has 3 rings (SSSR count). The molecule has 2 N–H and O–H groups in total. The lowest BCUT2D eigenvalue weighted by Crippen LogP contribution is -2.15. The second kappa shape index (κ2) is 8.18. The number of hydrogen-bond donors (Lipinski definition) is 2. The number of nitrogens with one attached hydrogen (secondary N) is 2. The second-order valence-corrected chi connectivity index (χ2v) is 8.24. The fraction of sp³-hybridized carbons (Fsp3) is 0. The van der Waals surface area contributed by atoms with Gasteiger partial charge >= 0.3 is 0 Å². The Bertz CT molecular complexity index is 1140. The minimum Gasteiger partial charge on any atom is -0.322 e. The van der Waals surface area contributed by atoms with Gasteiger partial charge in [-0.15, -0.1) is 0 Å². The van der Waals surface area contributed by atoms with Gasteiger partial charge in [-0.1, -0.05) is 29.3 Å². The molecule has 9 heteroatoms. The first-order chi connectivity index (χ1) is 13.2. The zero-order chi connectivity index (χ0) is 20.3. The summed E-state index contributed by atoms with van der Waals surface area (Å²) in [5.41, 5.74) is 0.566. The maximum Gasteiger partial charge on any atom is 0.261 e. The highest BCUT2D eigenvalue weighted by molar-refractivity contribution is 7.92. The van der Waals surface area contributed by atoms with E-state index in [1.807, 2.05) is 0 Å². The van der Waals surface area contributed by atoms with Gasteiger partial charge in [0.05, 0.1) is 21.2 Å². The molecule has 0 fully saturated rings. The van der Waals surface area contributed by atoms with Crippen molar-refractivity contribution < 1.29 is 17.6 Å². The summed E-state index contributed by atoms with van der Waals surface area (Å²) in [6.07, 6.45) is 0. The standard InChI is InChI=1S/C19H13Cl2FN2O3S/c20-12-4-7-16(8-5-12)28(26,27)24-15-6-9-17(18(21)11-15)19(25)23-14-3-1-2-13(22)10-14/h1-11,24H,(H,23,25). The van der Waals surface area contributed by atoms with Gasteiger partial charge in [-0.25, -0.2) is 12.8 Å². The number of amides is 1. The molecular formula is C19H13Cl2FN2O3S. The van der Waals surface area contributed by atoms with Gasteiger partial charge in [0.1, 0.15) is 5.82 Å². The first kappa shape index (κ1) is 20.1. The summed E-state index contributed by atoms with van der Waals surface area (Å²) in [5.74, 6) is -1.04. The Hall–Kier alpha value is -2.61. The zero-order valence-corrected chi connectivity index (χ0v) is 16.4. The molecule has 0 spiro atoms. The lowest BCUT2D eigenvalue weighted by atomic mass is 10.2. The average molecular weight is 439 g/mol. The maximum absolute atomic E-state index is 13.2. The van der Waals surface area contributed by atoms with Crippen LogP contribution >= 0.6 is 23.2 Å². The minimum atomic E-state index is -3.84. The fourth-order valence-electron chi connectivity index (χ4n) is 2.36. The summed E-state index contributed by atoms with van der Waals surface area (Å²) < 4.78 is 40.4. The highest BCUT2D eigenvalue weighted by Crippen LogP contribution is 2.25. The van der Waals surface area contributed by atoms with Crippen LogP contribution in [-0.2, 0) is 10.0 Å². The summed E-state index contributed by atoms with van der Waals surface area (Å²) in [6, 6.07) is 15.2. The summed E-state index contributed by atoms with van der Waals surface area (Å²) in [4.78, 5) is 12.4. The van der Waals surface area contributed by atoms with Crippen molar-refractivity contribution in [2.24, 2.45) is 0 Å². The van der Waals surface area contributed by atoms with Crippen LogP contribution in [0.5, 0.6) is 0 Å². The minimum absolute atomic E-state index is 0.0287. The van der Waals surface area contributed by atoms with Crippen molar-refractivity contribution in [3.8, 4) is 0 Å². The molecule has 0 saturated carbocycles. The predicted molar refractivity (Wildman–Crippen MR) is 108 cm³/mol. The first-order valence-corrected chi connectivity index (χ1v) is 10.1. The summed E-state index contributed by atoms with van der Waals surface area (Å²) in [5, 5.41) is 2.97. The lowest BCUT2D eigenvalue weighted by Gasteiger charge is -2.11. The van der Waals surface area contributed by atoms with E-state index in [0.717, 1.165) is 0 Å². The topological polar surface area (TPSA) is 75.3 Å². The third-order valence-electron chi connectivity index (χ3n) is 3.67. The van der Waals surface area contributed by atoms with Crippen molar-refractivity contribution in [1.82, 2.24) is 0 Å². The number of hydrogen-bond acceptors (Lipinski definition) is 3. The Morgan fingerprint density at radius 2 is 1.61 bits per heavy atom. The SMILES string of the molecule is O=C(Nc1cccc(F)c1)c1ccc(NS(=O)(=O)c2ccc(Cl)cc2)cc1Cl. The lowest BCUT2D eigenvalue weighted by molar-refractivity contribution is 0.102. The van der Waals surface area contributed by atoms with E-state index in [1.54, 1.807) is 0 Å². The molecule has 3 aromatic rings. The van der Waals surface area contributed by atoms with Crippen molar-refractivity contribution in [2.45, 2.75) is 4.90 Å². The van der Waals surface area contributed by atoms with Gasteiger partial charge in [0, 0.05) is 10.7 Å². The molecule has 0 saturated heterocycles. The molecule has 3 aromatic carbocycles. The molecule has 0 unspecified atom stereocenters. The number of carbonyl (C=O) groups excluding carboxylic acids is 1. The van der Waals surface area contributed by atoms with Crippen LogP contribution in [0.25, 0.3) is 0 Å². The van der Waals surface area contributed by atoms with Crippen molar-refractivity contribution in [3.63, 3.8) is 0 Å². The van der Waals surface area contributed by atoms with E-state index >= 15 is 0 Å². The Morgan fingerprint density at radius 3 is 2.25 bits per heavy atom. The normalized spacial score (nSPS) is 11.1. The monoisotopic (exact) mass is 438 g/mol. The molecule has 28 heavy (non-hydrogen) atoms. The number of rotatable bonds is 5. The average Bonchev–Trinajstić information content (AvgIpc) is 2.61. The van der Waals surface area contributed by atoms with Crippen LogP contribution in [0.2, 0.25) is 10.0 Å².